The zero-order valence-electron chi connectivity index (χ0n) is 14.0. The summed E-state index contributed by atoms with van der Waals surface area (Å²) in [5.41, 5.74) is 0. The summed E-state index contributed by atoms with van der Waals surface area (Å²) in [5, 5.41) is 62.8. The maximum Gasteiger partial charge on any atom is 0.201 e. The summed E-state index contributed by atoms with van der Waals surface area (Å²) >= 11 is 0. The van der Waals surface area contributed by atoms with Crippen LogP contribution in [0.4, 0.5) is 0 Å². The third kappa shape index (κ3) is 1.80. The highest BCUT2D eigenvalue weighted by Gasteiger charge is 2.83. The molecule has 138 valence electrons. The molecule has 6 nitrogen and oxygen atoms in total. The van der Waals surface area contributed by atoms with E-state index in [2.05, 4.69) is 0 Å². The van der Waals surface area contributed by atoms with Gasteiger partial charge in [-0.15, -0.1) is 0 Å². The monoisotopic (exact) mass is 366 g/mol. The molecule has 25 heavy (non-hydrogen) atoms. The first-order chi connectivity index (χ1) is 11.7. The normalized spacial score (nSPS) is 52.5. The van der Waals surface area contributed by atoms with Gasteiger partial charge < -0.3 is 30.6 Å². The van der Waals surface area contributed by atoms with Crippen LogP contribution in [-0.4, -0.2) is 72.7 Å². The second kappa shape index (κ2) is 5.36. The number of benzene rings is 1. The predicted octanol–water partition coefficient (Wildman–Crippen LogP) is -1.38. The first kappa shape index (κ1) is 17.6. The Bertz CT molecular complexity index is 611. The van der Waals surface area contributed by atoms with Crippen molar-refractivity contribution in [1.82, 2.24) is 0 Å². The molecule has 6 N–H and O–H groups in total. The summed E-state index contributed by atoms with van der Waals surface area (Å²) in [4.78, 5) is 0. The van der Waals surface area contributed by atoms with Crippen LogP contribution in [-0.2, 0) is 0 Å². The largest absolute Gasteiger partial charge is 0.390 e. The van der Waals surface area contributed by atoms with Gasteiger partial charge in [0.2, 0.25) is 8.07 Å². The first-order valence-corrected chi connectivity index (χ1v) is 11.0. The number of aliphatic hydroxyl groups is 6. The molecule has 1 aromatic rings. The molecule has 0 amide bonds. The quantitative estimate of drug-likeness (QED) is 0.341. The van der Waals surface area contributed by atoms with E-state index in [1.54, 1.807) is 30.3 Å². The molecule has 3 aliphatic heterocycles. The van der Waals surface area contributed by atoms with Crippen molar-refractivity contribution in [3.05, 3.63) is 30.3 Å². The predicted molar refractivity (Wildman–Crippen MR) is 92.4 cm³/mol. The standard InChI is InChI=1S/C18H26O6Si/c19-13-6-9-16(22)14(20)8-11-18(24)15(21)7-10-17(13,23)25(16,18)12-4-2-1-3-5-12/h1-5,13-15,19-24H,6-11H2/t13-,14-,15-,16+,17+,18+,25?/m0/s1. The van der Waals surface area contributed by atoms with Crippen LogP contribution < -0.4 is 5.19 Å². The Morgan fingerprint density at radius 3 is 1.40 bits per heavy atom. The number of rotatable bonds is 1. The van der Waals surface area contributed by atoms with Crippen molar-refractivity contribution in [1.29, 1.82) is 0 Å². The van der Waals surface area contributed by atoms with Crippen LogP contribution in [0.2, 0.25) is 0 Å². The molecule has 0 aromatic heterocycles. The van der Waals surface area contributed by atoms with Crippen molar-refractivity contribution in [2.24, 2.45) is 0 Å². The van der Waals surface area contributed by atoms with Crippen LogP contribution in [0.5, 0.6) is 0 Å². The van der Waals surface area contributed by atoms with Gasteiger partial charge in [-0.3, -0.25) is 0 Å². The Labute approximate surface area is 147 Å². The van der Waals surface area contributed by atoms with E-state index in [9.17, 15) is 30.6 Å². The van der Waals surface area contributed by atoms with Crippen LogP contribution in [0.25, 0.3) is 0 Å². The van der Waals surface area contributed by atoms with E-state index >= 15 is 0 Å². The third-order valence-electron chi connectivity index (χ3n) is 7.21. The molecule has 0 bridgehead atoms. The number of hydrogen-bond acceptors (Lipinski definition) is 6. The second-order valence-electron chi connectivity index (χ2n) is 8.05. The lowest BCUT2D eigenvalue weighted by Gasteiger charge is -2.71. The SMILES string of the molecule is O[C@H]1CC[C@]2(O)[C@@H](O)CC[C@]3(O)[C@@H](O)CC[C@@]1(O)[Si]23c1ccccc1. The van der Waals surface area contributed by atoms with E-state index in [0.29, 0.717) is 5.19 Å². The minimum Gasteiger partial charge on any atom is -0.390 e. The van der Waals surface area contributed by atoms with Gasteiger partial charge in [-0.2, -0.15) is 0 Å². The third-order valence-corrected chi connectivity index (χ3v) is 14.1. The van der Waals surface area contributed by atoms with Gasteiger partial charge in [-0.05, 0) is 38.5 Å². The molecule has 3 saturated heterocycles. The van der Waals surface area contributed by atoms with E-state index in [0.717, 1.165) is 0 Å². The Balaban J connectivity index is 2.11. The van der Waals surface area contributed by atoms with Gasteiger partial charge in [0, 0.05) is 0 Å². The summed E-state index contributed by atoms with van der Waals surface area (Å²) in [5.74, 6) is 0. The summed E-state index contributed by atoms with van der Waals surface area (Å²) in [6, 6.07) is 8.79. The molecule has 3 aliphatic rings. The molecule has 4 rings (SSSR count). The molecule has 3 heterocycles. The van der Waals surface area contributed by atoms with Crippen molar-refractivity contribution < 1.29 is 30.6 Å². The maximum atomic E-state index is 11.7. The van der Waals surface area contributed by atoms with Crippen LogP contribution in [0, 0.1) is 0 Å². The zero-order valence-corrected chi connectivity index (χ0v) is 15.0. The van der Waals surface area contributed by atoms with Crippen LogP contribution >= 0.6 is 0 Å². The van der Waals surface area contributed by atoms with Crippen molar-refractivity contribution >= 4 is 13.3 Å². The molecule has 6 atom stereocenters. The first-order valence-electron chi connectivity index (χ1n) is 9.01. The fourth-order valence-electron chi connectivity index (χ4n) is 6.16. The van der Waals surface area contributed by atoms with E-state index in [1.165, 1.54) is 0 Å². The molecular weight excluding hydrogens is 340 g/mol. The minimum absolute atomic E-state index is 0.0911. The van der Waals surface area contributed by atoms with Gasteiger partial charge in [0.25, 0.3) is 0 Å². The fourth-order valence-corrected chi connectivity index (χ4v) is 14.1. The molecule has 7 heteroatoms. The van der Waals surface area contributed by atoms with Crippen LogP contribution in [0.3, 0.4) is 0 Å². The van der Waals surface area contributed by atoms with Crippen LogP contribution in [0.15, 0.2) is 30.3 Å². The maximum absolute atomic E-state index is 11.7. The number of aliphatic hydroxyl groups excluding tert-OH is 3. The summed E-state index contributed by atoms with van der Waals surface area (Å²) in [6.45, 7) is 0. The Morgan fingerprint density at radius 2 is 1.04 bits per heavy atom. The van der Waals surface area contributed by atoms with E-state index in [-0.39, 0.29) is 38.5 Å². The topological polar surface area (TPSA) is 121 Å². The fraction of sp³-hybridized carbons (Fsp3) is 0.667. The summed E-state index contributed by atoms with van der Waals surface area (Å²) in [7, 11) is -3.87. The van der Waals surface area contributed by atoms with Gasteiger partial charge in [0.15, 0.2) is 0 Å². The highest BCUT2D eigenvalue weighted by molar-refractivity contribution is 6.99. The van der Waals surface area contributed by atoms with Gasteiger partial charge in [-0.1, -0.05) is 35.5 Å². The lowest BCUT2D eigenvalue weighted by Crippen LogP contribution is -2.98. The van der Waals surface area contributed by atoms with Crippen molar-refractivity contribution in [2.75, 3.05) is 0 Å². The zero-order chi connectivity index (χ0) is 18.1. The molecule has 0 spiro atoms. The molecule has 0 radical (unpaired) electrons. The van der Waals surface area contributed by atoms with Gasteiger partial charge >= 0.3 is 0 Å². The highest BCUT2D eigenvalue weighted by atomic mass is 28.3. The van der Waals surface area contributed by atoms with Gasteiger partial charge in [0.05, 0.1) is 34.0 Å². The van der Waals surface area contributed by atoms with Crippen molar-refractivity contribution in [3.63, 3.8) is 0 Å². The summed E-state index contributed by atoms with van der Waals surface area (Å²) in [6.07, 6.45) is -2.60. The number of hydrogen-bond donors (Lipinski definition) is 6. The lowest BCUT2D eigenvalue weighted by molar-refractivity contribution is -0.168. The van der Waals surface area contributed by atoms with Gasteiger partial charge in [-0.25, -0.2) is 0 Å². The molecule has 0 saturated carbocycles. The second-order valence-corrected chi connectivity index (χ2v) is 12.7. The molecule has 0 unspecified atom stereocenters. The van der Waals surface area contributed by atoms with Crippen molar-refractivity contribution in [3.8, 4) is 0 Å². The Hall–Kier alpha value is -0.803. The van der Waals surface area contributed by atoms with Crippen molar-refractivity contribution in [2.45, 2.75) is 72.5 Å². The van der Waals surface area contributed by atoms with Gasteiger partial charge in [0.1, 0.15) is 0 Å². The average Bonchev–Trinajstić information content (AvgIpc) is 2.60. The Morgan fingerprint density at radius 1 is 0.680 bits per heavy atom. The highest BCUT2D eigenvalue weighted by Crippen LogP contribution is 2.59. The average molecular weight is 366 g/mol. The smallest absolute Gasteiger partial charge is 0.201 e. The Kier molecular flexibility index (Phi) is 3.77. The summed E-state index contributed by atoms with van der Waals surface area (Å²) < 4.78 is 0. The molecule has 0 aliphatic carbocycles. The molecule has 3 fully saturated rings. The van der Waals surface area contributed by atoms with E-state index in [1.807, 2.05) is 0 Å². The van der Waals surface area contributed by atoms with E-state index in [4.69, 9.17) is 0 Å². The minimum atomic E-state index is -3.87. The van der Waals surface area contributed by atoms with Crippen LogP contribution in [0.1, 0.15) is 38.5 Å². The lowest BCUT2D eigenvalue weighted by atomic mass is 9.88. The molecule has 1 aromatic carbocycles. The molecular formula is C18H26O6Si. The van der Waals surface area contributed by atoms with E-state index < -0.39 is 42.1 Å².